The molecular weight excluding hydrogens is 166 g/mol. The summed E-state index contributed by atoms with van der Waals surface area (Å²) in [6.07, 6.45) is 1.52. The number of hydrogen-bond acceptors (Lipinski definition) is 3. The van der Waals surface area contributed by atoms with Gasteiger partial charge in [-0.2, -0.15) is 5.26 Å². The van der Waals surface area contributed by atoms with Gasteiger partial charge in [0.2, 0.25) is 0 Å². The number of rotatable bonds is 2. The van der Waals surface area contributed by atoms with E-state index < -0.39 is 0 Å². The minimum absolute atomic E-state index is 0.135. The molecule has 1 aromatic rings. The van der Waals surface area contributed by atoms with Crippen molar-refractivity contribution in [2.75, 3.05) is 5.32 Å². The zero-order valence-corrected chi connectivity index (χ0v) is 7.59. The molecule has 0 saturated carbocycles. The van der Waals surface area contributed by atoms with E-state index in [1.165, 1.54) is 6.20 Å². The van der Waals surface area contributed by atoms with E-state index in [4.69, 9.17) is 5.26 Å². The zero-order chi connectivity index (χ0) is 9.84. The van der Waals surface area contributed by atoms with Gasteiger partial charge in [-0.3, -0.25) is 4.79 Å². The summed E-state index contributed by atoms with van der Waals surface area (Å²) in [5.41, 5.74) is 0.366. The van der Waals surface area contributed by atoms with Crippen molar-refractivity contribution in [2.24, 2.45) is 0 Å². The van der Waals surface area contributed by atoms with Crippen molar-refractivity contribution >= 4 is 5.69 Å². The summed E-state index contributed by atoms with van der Waals surface area (Å²) in [6, 6.07) is 3.75. The van der Waals surface area contributed by atoms with Gasteiger partial charge in [0.15, 0.2) is 0 Å². The first-order chi connectivity index (χ1) is 6.15. The summed E-state index contributed by atoms with van der Waals surface area (Å²) in [4.78, 5) is 13.6. The molecule has 0 fully saturated rings. The first-order valence-corrected chi connectivity index (χ1v) is 4.03. The number of nitrogens with zero attached hydrogens (tertiary/aromatic N) is 1. The largest absolute Gasteiger partial charge is 0.382 e. The average molecular weight is 177 g/mol. The Morgan fingerprint density at radius 1 is 1.62 bits per heavy atom. The lowest BCUT2D eigenvalue weighted by Crippen LogP contribution is -2.17. The summed E-state index contributed by atoms with van der Waals surface area (Å²) in [5, 5.41) is 11.7. The highest BCUT2D eigenvalue weighted by Crippen LogP contribution is 2.09. The van der Waals surface area contributed by atoms with Gasteiger partial charge in [-0.1, -0.05) is 0 Å². The molecule has 0 bridgehead atoms. The number of pyridine rings is 1. The van der Waals surface area contributed by atoms with Gasteiger partial charge in [-0.05, 0) is 19.9 Å². The topological polar surface area (TPSA) is 68.7 Å². The molecule has 13 heavy (non-hydrogen) atoms. The summed E-state index contributed by atoms with van der Waals surface area (Å²) < 4.78 is 0. The van der Waals surface area contributed by atoms with E-state index in [0.29, 0.717) is 5.69 Å². The van der Waals surface area contributed by atoms with E-state index in [-0.39, 0.29) is 17.2 Å². The normalized spacial score (nSPS) is 9.69. The van der Waals surface area contributed by atoms with Crippen molar-refractivity contribution in [2.45, 2.75) is 19.9 Å². The van der Waals surface area contributed by atoms with Gasteiger partial charge in [0.1, 0.15) is 11.6 Å². The van der Waals surface area contributed by atoms with Crippen molar-refractivity contribution in [3.63, 3.8) is 0 Å². The molecule has 0 aliphatic carbocycles. The van der Waals surface area contributed by atoms with Crippen LogP contribution in [0.2, 0.25) is 0 Å². The molecule has 0 aliphatic rings. The quantitative estimate of drug-likeness (QED) is 0.709. The highest BCUT2D eigenvalue weighted by molar-refractivity contribution is 5.55. The Balaban J connectivity index is 3.15. The number of H-pyrrole nitrogens is 1. The van der Waals surface area contributed by atoms with Crippen molar-refractivity contribution in [1.82, 2.24) is 4.98 Å². The molecule has 68 valence electrons. The fraction of sp³-hybridized carbons (Fsp3) is 0.333. The molecule has 0 spiro atoms. The van der Waals surface area contributed by atoms with Crippen LogP contribution in [-0.4, -0.2) is 11.0 Å². The highest BCUT2D eigenvalue weighted by atomic mass is 16.1. The van der Waals surface area contributed by atoms with Crippen LogP contribution < -0.4 is 10.9 Å². The third-order valence-corrected chi connectivity index (χ3v) is 1.52. The monoisotopic (exact) mass is 177 g/mol. The number of aromatic nitrogens is 1. The lowest BCUT2D eigenvalue weighted by molar-refractivity contribution is 0.897. The first kappa shape index (κ1) is 9.33. The molecule has 0 saturated heterocycles. The van der Waals surface area contributed by atoms with E-state index in [0.717, 1.165) is 0 Å². The van der Waals surface area contributed by atoms with Crippen molar-refractivity contribution < 1.29 is 0 Å². The third-order valence-electron chi connectivity index (χ3n) is 1.52. The maximum atomic E-state index is 11.1. The lowest BCUT2D eigenvalue weighted by Gasteiger charge is -2.09. The van der Waals surface area contributed by atoms with Crippen LogP contribution in [0.25, 0.3) is 0 Å². The Hall–Kier alpha value is -1.76. The molecule has 0 amide bonds. The smallest absolute Gasteiger partial charge is 0.267 e. The number of aromatic amines is 1. The van der Waals surface area contributed by atoms with Crippen molar-refractivity contribution in [1.29, 1.82) is 5.26 Å². The highest BCUT2D eigenvalue weighted by Gasteiger charge is 2.05. The summed E-state index contributed by atoms with van der Waals surface area (Å²) in [7, 11) is 0. The van der Waals surface area contributed by atoms with Gasteiger partial charge in [-0.25, -0.2) is 0 Å². The standard InChI is InChI=1S/C9H11N3O/c1-6(2)12-8-3-4-11-9(13)7(8)5-10/h3-4,6H,1-2H3,(H2,11,12,13). The predicted molar refractivity (Wildman–Crippen MR) is 50.5 cm³/mol. The van der Waals surface area contributed by atoms with Crippen molar-refractivity contribution in [3.8, 4) is 6.07 Å². The summed E-state index contributed by atoms with van der Waals surface area (Å²) in [6.45, 7) is 3.89. The summed E-state index contributed by atoms with van der Waals surface area (Å²) in [5.74, 6) is 0. The van der Waals surface area contributed by atoms with Gasteiger partial charge in [0, 0.05) is 12.2 Å². The minimum atomic E-state index is -0.354. The maximum absolute atomic E-state index is 11.1. The second-order valence-electron chi connectivity index (χ2n) is 3.01. The van der Waals surface area contributed by atoms with Gasteiger partial charge < -0.3 is 10.3 Å². The minimum Gasteiger partial charge on any atom is -0.382 e. The Bertz CT molecular complexity index is 387. The molecular formula is C9H11N3O. The summed E-state index contributed by atoms with van der Waals surface area (Å²) >= 11 is 0. The molecule has 1 heterocycles. The van der Waals surface area contributed by atoms with Crippen LogP contribution in [0.4, 0.5) is 5.69 Å². The molecule has 0 aromatic carbocycles. The van der Waals surface area contributed by atoms with Gasteiger partial charge in [-0.15, -0.1) is 0 Å². The predicted octanol–water partition coefficient (Wildman–Crippen LogP) is 1.07. The van der Waals surface area contributed by atoms with Crippen LogP contribution in [0.1, 0.15) is 19.4 Å². The Labute approximate surface area is 76.2 Å². The average Bonchev–Trinajstić information content (AvgIpc) is 2.03. The lowest BCUT2D eigenvalue weighted by atomic mass is 10.2. The molecule has 4 nitrogen and oxygen atoms in total. The molecule has 0 radical (unpaired) electrons. The molecule has 1 aromatic heterocycles. The molecule has 0 aliphatic heterocycles. The number of hydrogen-bond donors (Lipinski definition) is 2. The second-order valence-corrected chi connectivity index (χ2v) is 3.01. The fourth-order valence-corrected chi connectivity index (χ4v) is 1.02. The first-order valence-electron chi connectivity index (χ1n) is 4.03. The molecule has 0 atom stereocenters. The SMILES string of the molecule is CC(C)Nc1cc[nH]c(=O)c1C#N. The molecule has 2 N–H and O–H groups in total. The second kappa shape index (κ2) is 3.76. The maximum Gasteiger partial charge on any atom is 0.267 e. The van der Waals surface area contributed by atoms with Gasteiger partial charge >= 0.3 is 0 Å². The Kier molecular flexibility index (Phi) is 2.70. The van der Waals surface area contributed by atoms with E-state index >= 15 is 0 Å². The number of nitrogens with one attached hydrogen (secondary N) is 2. The number of anilines is 1. The van der Waals surface area contributed by atoms with E-state index in [1.54, 1.807) is 6.07 Å². The number of nitriles is 1. The Morgan fingerprint density at radius 3 is 2.85 bits per heavy atom. The van der Waals surface area contributed by atoms with E-state index in [1.807, 2.05) is 19.9 Å². The molecule has 1 rings (SSSR count). The van der Waals surface area contributed by atoms with Gasteiger partial charge in [0.25, 0.3) is 5.56 Å². The Morgan fingerprint density at radius 2 is 2.31 bits per heavy atom. The van der Waals surface area contributed by atoms with Crippen LogP contribution in [-0.2, 0) is 0 Å². The van der Waals surface area contributed by atoms with Crippen molar-refractivity contribution in [3.05, 3.63) is 28.2 Å². The van der Waals surface area contributed by atoms with Crippen LogP contribution in [0.15, 0.2) is 17.1 Å². The molecule has 0 unspecified atom stereocenters. The van der Waals surface area contributed by atoms with E-state index in [2.05, 4.69) is 10.3 Å². The van der Waals surface area contributed by atoms with Crippen LogP contribution in [0.5, 0.6) is 0 Å². The van der Waals surface area contributed by atoms with Gasteiger partial charge in [0.05, 0.1) is 5.69 Å². The van der Waals surface area contributed by atoms with Crippen LogP contribution in [0.3, 0.4) is 0 Å². The zero-order valence-electron chi connectivity index (χ0n) is 7.59. The fourth-order valence-electron chi connectivity index (χ4n) is 1.02. The van der Waals surface area contributed by atoms with Crippen LogP contribution in [0, 0.1) is 11.3 Å². The van der Waals surface area contributed by atoms with E-state index in [9.17, 15) is 4.79 Å². The van der Waals surface area contributed by atoms with Crippen LogP contribution >= 0.6 is 0 Å². The third kappa shape index (κ3) is 2.09. The molecule has 4 heteroatoms.